The van der Waals surface area contributed by atoms with Gasteiger partial charge in [-0.3, -0.25) is 13.3 Å². The molecule has 1 aliphatic heterocycles. The van der Waals surface area contributed by atoms with Crippen molar-refractivity contribution >= 4 is 57.2 Å². The van der Waals surface area contributed by atoms with Crippen molar-refractivity contribution in [3.8, 4) is 0 Å². The molecule has 0 spiro atoms. The molecule has 0 saturated carbocycles. The van der Waals surface area contributed by atoms with Crippen molar-refractivity contribution in [2.75, 3.05) is 28.4 Å². The lowest BCUT2D eigenvalue weighted by Crippen LogP contribution is -2.47. The van der Waals surface area contributed by atoms with Crippen LogP contribution in [0, 0.1) is 0 Å². The minimum absolute atomic E-state index is 0.288. The first-order chi connectivity index (χ1) is 16.9. The number of para-hydroxylation sites is 1. The van der Waals surface area contributed by atoms with E-state index in [1.807, 2.05) is 6.07 Å². The molecular formula is C25H25ClN3O5S-. The van der Waals surface area contributed by atoms with E-state index >= 15 is 0 Å². The Hall–Kier alpha value is -3.14. The van der Waals surface area contributed by atoms with Crippen molar-refractivity contribution in [1.82, 2.24) is 4.90 Å². The molecule has 0 aromatic heterocycles. The molecule has 2 amide bonds. The molecule has 1 aliphatic rings. The number of piperidine rings is 1. The Kier molecular flexibility index (Phi) is 7.90. The van der Waals surface area contributed by atoms with Gasteiger partial charge in [0.25, 0.3) is 5.91 Å². The van der Waals surface area contributed by atoms with E-state index in [4.69, 9.17) is 16.5 Å². The smallest absolute Gasteiger partial charge is 0.409 e. The highest BCUT2D eigenvalue weighted by atomic mass is 35.5. The molecular weight excluding hydrogens is 490 g/mol. The average Bonchev–Trinajstić information content (AvgIpc) is 2.88. The lowest BCUT2D eigenvalue weighted by Gasteiger charge is -2.40. The number of hydrogen-bond acceptors (Lipinski definition) is 5. The van der Waals surface area contributed by atoms with Crippen LogP contribution in [0.15, 0.2) is 66.7 Å². The highest BCUT2D eigenvalue weighted by molar-refractivity contribution is 7.80. The number of benzene rings is 3. The minimum Gasteiger partial charge on any atom is -0.755 e. The third-order valence-corrected chi connectivity index (χ3v) is 7.18. The molecule has 1 fully saturated rings. The van der Waals surface area contributed by atoms with Gasteiger partial charge in [-0.15, -0.1) is 0 Å². The zero-order valence-corrected chi connectivity index (χ0v) is 20.7. The fourth-order valence-electron chi connectivity index (χ4n) is 4.35. The predicted octanol–water partition coefficient (Wildman–Crippen LogP) is 4.86. The van der Waals surface area contributed by atoms with Gasteiger partial charge in [-0.2, -0.15) is 0 Å². The number of nitrogens with zero attached hydrogens (tertiary/aromatic N) is 3. The lowest BCUT2D eigenvalue weighted by molar-refractivity contribution is 0.0974. The van der Waals surface area contributed by atoms with Gasteiger partial charge in [0.05, 0.1) is 18.0 Å². The van der Waals surface area contributed by atoms with Gasteiger partial charge in [-0.1, -0.05) is 42.5 Å². The van der Waals surface area contributed by atoms with Gasteiger partial charge >= 0.3 is 6.09 Å². The third-order valence-electron chi connectivity index (χ3n) is 6.01. The molecule has 184 valence electrons. The standard InChI is InChI=1S/C25H26ClN3O5S/c1-2-34-25(31)27-16-14-19(15-17-27)29(35(32)33)23-13-7-10-20-21(23)11-6-12-22(20)24(30)28(26)18-8-4-3-5-9-18/h3-13,19H,2,14-17H2,1H3,(H,32,33)/p-1. The number of halogens is 1. The van der Waals surface area contributed by atoms with Gasteiger partial charge < -0.3 is 14.2 Å². The fourth-order valence-corrected chi connectivity index (χ4v) is 5.33. The van der Waals surface area contributed by atoms with Crippen molar-refractivity contribution < 1.29 is 23.1 Å². The summed E-state index contributed by atoms with van der Waals surface area (Å²) < 4.78 is 32.2. The molecule has 3 aromatic carbocycles. The normalized spacial score (nSPS) is 15.0. The van der Waals surface area contributed by atoms with Crippen LogP contribution in [0.1, 0.15) is 30.1 Å². The van der Waals surface area contributed by atoms with Crippen molar-refractivity contribution in [3.05, 3.63) is 72.3 Å². The summed E-state index contributed by atoms with van der Waals surface area (Å²) in [7, 11) is 0. The molecule has 0 radical (unpaired) electrons. The van der Waals surface area contributed by atoms with E-state index < -0.39 is 23.3 Å². The number of rotatable bonds is 6. The number of likely N-dealkylation sites (tertiary alicyclic amines) is 1. The molecule has 0 aliphatic carbocycles. The molecule has 8 nitrogen and oxygen atoms in total. The van der Waals surface area contributed by atoms with Crippen LogP contribution in [0.2, 0.25) is 0 Å². The van der Waals surface area contributed by atoms with E-state index in [1.165, 1.54) is 4.31 Å². The SMILES string of the molecule is CCOC(=O)N1CCC(N(c2cccc3c(C(=O)N(Cl)c4ccccc4)cccc23)S(=O)[O-])CC1. The van der Waals surface area contributed by atoms with Gasteiger partial charge in [0.2, 0.25) is 0 Å². The maximum Gasteiger partial charge on any atom is 0.409 e. The Morgan fingerprint density at radius 3 is 2.34 bits per heavy atom. The maximum absolute atomic E-state index is 13.2. The second-order valence-electron chi connectivity index (χ2n) is 8.06. The molecule has 3 aromatic rings. The average molecular weight is 515 g/mol. The molecule has 1 heterocycles. The van der Waals surface area contributed by atoms with Gasteiger partial charge in [-0.25, -0.2) is 9.21 Å². The number of carbonyl (C=O) groups is 2. The summed E-state index contributed by atoms with van der Waals surface area (Å²) in [5.74, 6) is -0.418. The van der Waals surface area contributed by atoms with E-state index in [1.54, 1.807) is 72.5 Å². The summed E-state index contributed by atoms with van der Waals surface area (Å²) in [5, 5.41) is 1.21. The molecule has 0 N–H and O–H groups in total. The van der Waals surface area contributed by atoms with Crippen LogP contribution in [-0.2, 0) is 16.0 Å². The summed E-state index contributed by atoms with van der Waals surface area (Å²) >= 11 is 3.80. The van der Waals surface area contributed by atoms with Crippen LogP contribution in [0.4, 0.5) is 16.2 Å². The number of fused-ring (bicyclic) bond motifs is 1. The van der Waals surface area contributed by atoms with Crippen LogP contribution < -0.4 is 8.72 Å². The Labute approximate surface area is 211 Å². The topological polar surface area (TPSA) is 93.2 Å². The number of carbonyl (C=O) groups excluding carboxylic acids is 2. The van der Waals surface area contributed by atoms with Crippen molar-refractivity contribution in [1.29, 1.82) is 0 Å². The summed E-state index contributed by atoms with van der Waals surface area (Å²) in [5.41, 5.74) is 1.36. The quantitative estimate of drug-likeness (QED) is 0.346. The van der Waals surface area contributed by atoms with E-state index in [0.717, 1.165) is 4.42 Å². The number of hydrogen-bond donors (Lipinski definition) is 0. The summed E-state index contributed by atoms with van der Waals surface area (Å²) in [6.07, 6.45) is 0.536. The zero-order valence-electron chi connectivity index (χ0n) is 19.1. The molecule has 0 bridgehead atoms. The Morgan fingerprint density at radius 2 is 1.69 bits per heavy atom. The van der Waals surface area contributed by atoms with Crippen molar-refractivity contribution in [2.45, 2.75) is 25.8 Å². The number of amides is 2. The Morgan fingerprint density at radius 1 is 1.03 bits per heavy atom. The molecule has 10 heteroatoms. The predicted molar refractivity (Wildman–Crippen MR) is 136 cm³/mol. The third kappa shape index (κ3) is 5.27. The number of ether oxygens (including phenoxy) is 1. The van der Waals surface area contributed by atoms with E-state index in [2.05, 4.69) is 0 Å². The first-order valence-corrected chi connectivity index (χ1v) is 12.7. The Bertz CT molecular complexity index is 1230. The highest BCUT2D eigenvalue weighted by Crippen LogP contribution is 2.34. The van der Waals surface area contributed by atoms with Crippen LogP contribution in [0.25, 0.3) is 10.8 Å². The van der Waals surface area contributed by atoms with Crippen LogP contribution >= 0.6 is 11.8 Å². The minimum atomic E-state index is -2.56. The first-order valence-electron chi connectivity index (χ1n) is 11.3. The molecule has 4 rings (SSSR count). The van der Waals surface area contributed by atoms with Crippen LogP contribution in [0.5, 0.6) is 0 Å². The fraction of sp³-hybridized carbons (Fsp3) is 0.280. The van der Waals surface area contributed by atoms with Crippen molar-refractivity contribution in [2.24, 2.45) is 0 Å². The second-order valence-corrected chi connectivity index (χ2v) is 9.23. The number of anilines is 2. The Balaban J connectivity index is 1.66. The largest absolute Gasteiger partial charge is 0.755 e. The van der Waals surface area contributed by atoms with Gasteiger partial charge in [0.15, 0.2) is 0 Å². The zero-order chi connectivity index (χ0) is 24.9. The van der Waals surface area contributed by atoms with Gasteiger partial charge in [0.1, 0.15) is 0 Å². The lowest BCUT2D eigenvalue weighted by atomic mass is 10.00. The monoisotopic (exact) mass is 514 g/mol. The molecule has 1 saturated heterocycles. The summed E-state index contributed by atoms with van der Waals surface area (Å²) in [6, 6.07) is 18.9. The first kappa shape index (κ1) is 25.0. The van der Waals surface area contributed by atoms with Crippen LogP contribution in [-0.4, -0.2) is 51.4 Å². The second kappa shape index (κ2) is 11.1. The van der Waals surface area contributed by atoms with Gasteiger partial charge in [0, 0.05) is 53.1 Å². The molecule has 35 heavy (non-hydrogen) atoms. The van der Waals surface area contributed by atoms with Crippen molar-refractivity contribution in [3.63, 3.8) is 0 Å². The highest BCUT2D eigenvalue weighted by Gasteiger charge is 2.30. The van der Waals surface area contributed by atoms with E-state index in [0.29, 0.717) is 53.6 Å². The van der Waals surface area contributed by atoms with Gasteiger partial charge in [-0.05, 0) is 49.4 Å². The van der Waals surface area contributed by atoms with E-state index in [-0.39, 0.29) is 12.6 Å². The maximum atomic E-state index is 13.2. The van der Waals surface area contributed by atoms with E-state index in [9.17, 15) is 18.4 Å². The molecule has 1 unspecified atom stereocenters. The summed E-state index contributed by atoms with van der Waals surface area (Å²) in [6.45, 7) is 2.82. The summed E-state index contributed by atoms with van der Waals surface area (Å²) in [4.78, 5) is 26.9. The van der Waals surface area contributed by atoms with Crippen LogP contribution in [0.3, 0.4) is 0 Å². The molecule has 1 atom stereocenters.